The van der Waals surface area contributed by atoms with Gasteiger partial charge in [-0.2, -0.15) is 4.98 Å². The molecule has 0 aliphatic carbocycles. The van der Waals surface area contributed by atoms with Crippen LogP contribution in [0.1, 0.15) is 24.8 Å². The van der Waals surface area contributed by atoms with Gasteiger partial charge in [-0.05, 0) is 25.0 Å². The summed E-state index contributed by atoms with van der Waals surface area (Å²) in [4.78, 5) is 4.35. The van der Waals surface area contributed by atoms with Crippen molar-refractivity contribution in [2.75, 3.05) is 13.7 Å². The zero-order chi connectivity index (χ0) is 13.7. The normalized spacial score (nSPS) is 12.6. The summed E-state index contributed by atoms with van der Waals surface area (Å²) in [6.45, 7) is 0.679. The maximum absolute atomic E-state index is 6.00. The molecule has 2 rings (SSSR count). The number of hydrogen-bond acceptors (Lipinski definition) is 5. The van der Waals surface area contributed by atoms with Crippen LogP contribution in [0.5, 0.6) is 0 Å². The topological polar surface area (TPSA) is 74.2 Å². The van der Waals surface area contributed by atoms with Gasteiger partial charge in [0.05, 0.1) is 6.04 Å². The fraction of sp³-hybridized carbons (Fsp3) is 0.385. The van der Waals surface area contributed by atoms with E-state index in [4.69, 9.17) is 15.0 Å². The third kappa shape index (κ3) is 3.62. The van der Waals surface area contributed by atoms with Gasteiger partial charge in [0.25, 0.3) is 0 Å². The van der Waals surface area contributed by atoms with Gasteiger partial charge in [0, 0.05) is 23.8 Å². The van der Waals surface area contributed by atoms with E-state index in [1.54, 1.807) is 7.11 Å². The molecule has 2 aromatic rings. The standard InChI is InChI=1S/C13H16BrN3O2/c1-18-8-4-7-11(15)13-16-12(17-19-13)9-5-2-3-6-10(9)14/h2-3,5-6,11H,4,7-8,15H2,1H3. The van der Waals surface area contributed by atoms with E-state index >= 15 is 0 Å². The number of nitrogens with zero attached hydrogens (tertiary/aromatic N) is 2. The summed E-state index contributed by atoms with van der Waals surface area (Å²) in [5.74, 6) is 1.01. The molecule has 1 aromatic carbocycles. The molecule has 6 heteroatoms. The van der Waals surface area contributed by atoms with Crippen LogP contribution in [0, 0.1) is 0 Å². The van der Waals surface area contributed by atoms with E-state index in [-0.39, 0.29) is 6.04 Å². The van der Waals surface area contributed by atoms with Gasteiger partial charge in [0.2, 0.25) is 11.7 Å². The van der Waals surface area contributed by atoms with Gasteiger partial charge >= 0.3 is 0 Å². The zero-order valence-corrected chi connectivity index (χ0v) is 12.3. The Bertz CT molecular complexity index is 530. The minimum atomic E-state index is -0.251. The van der Waals surface area contributed by atoms with Gasteiger partial charge in [-0.1, -0.05) is 33.2 Å². The number of halogens is 1. The van der Waals surface area contributed by atoms with Gasteiger partial charge in [-0.25, -0.2) is 0 Å². The van der Waals surface area contributed by atoms with E-state index in [2.05, 4.69) is 26.1 Å². The van der Waals surface area contributed by atoms with Crippen LogP contribution in [0.4, 0.5) is 0 Å². The second-order valence-electron chi connectivity index (χ2n) is 4.18. The predicted molar refractivity (Wildman–Crippen MR) is 75.5 cm³/mol. The van der Waals surface area contributed by atoms with E-state index in [0.29, 0.717) is 18.3 Å². The molecule has 0 aliphatic rings. The molecule has 0 saturated carbocycles. The predicted octanol–water partition coefficient (Wildman–Crippen LogP) is 2.93. The monoisotopic (exact) mass is 325 g/mol. The number of methoxy groups -OCH3 is 1. The lowest BCUT2D eigenvalue weighted by molar-refractivity contribution is 0.188. The summed E-state index contributed by atoms with van der Waals surface area (Å²) in [7, 11) is 1.67. The molecule has 0 saturated heterocycles. The van der Waals surface area contributed by atoms with Crippen LogP contribution in [-0.2, 0) is 4.74 Å². The molecule has 2 N–H and O–H groups in total. The van der Waals surface area contributed by atoms with Crippen molar-refractivity contribution >= 4 is 15.9 Å². The molecule has 0 fully saturated rings. The van der Waals surface area contributed by atoms with Gasteiger partial charge in [-0.15, -0.1) is 0 Å². The first-order valence-corrected chi connectivity index (χ1v) is 6.84. The first-order valence-electron chi connectivity index (χ1n) is 6.05. The molecular weight excluding hydrogens is 310 g/mol. The maximum atomic E-state index is 6.00. The summed E-state index contributed by atoms with van der Waals surface area (Å²) < 4.78 is 11.1. The Morgan fingerprint density at radius 3 is 2.95 bits per heavy atom. The van der Waals surface area contributed by atoms with Crippen LogP contribution in [0.25, 0.3) is 11.4 Å². The van der Waals surface area contributed by atoms with Crippen LogP contribution in [0.3, 0.4) is 0 Å². The fourth-order valence-corrected chi connectivity index (χ4v) is 2.17. The lowest BCUT2D eigenvalue weighted by atomic mass is 10.2. The smallest absolute Gasteiger partial charge is 0.243 e. The Balaban J connectivity index is 2.09. The Morgan fingerprint density at radius 2 is 2.21 bits per heavy atom. The summed E-state index contributed by atoms with van der Waals surface area (Å²) in [6.07, 6.45) is 1.62. The highest BCUT2D eigenvalue weighted by Gasteiger charge is 2.16. The number of nitrogens with two attached hydrogens (primary N) is 1. The van der Waals surface area contributed by atoms with Crippen LogP contribution in [-0.4, -0.2) is 23.9 Å². The van der Waals surface area contributed by atoms with Crippen molar-refractivity contribution < 1.29 is 9.26 Å². The number of benzene rings is 1. The molecule has 0 bridgehead atoms. The minimum absolute atomic E-state index is 0.251. The van der Waals surface area contributed by atoms with Crippen LogP contribution >= 0.6 is 15.9 Å². The Morgan fingerprint density at radius 1 is 1.42 bits per heavy atom. The molecule has 5 nitrogen and oxygen atoms in total. The molecule has 0 amide bonds. The summed E-state index contributed by atoms with van der Waals surface area (Å²) in [5, 5.41) is 3.97. The first-order chi connectivity index (χ1) is 9.22. The molecule has 1 unspecified atom stereocenters. The minimum Gasteiger partial charge on any atom is -0.385 e. The van der Waals surface area contributed by atoms with Gasteiger partial charge in [-0.3, -0.25) is 0 Å². The van der Waals surface area contributed by atoms with Crippen molar-refractivity contribution in [3.63, 3.8) is 0 Å². The van der Waals surface area contributed by atoms with E-state index in [1.807, 2.05) is 24.3 Å². The Labute approximate surface area is 120 Å². The number of aromatic nitrogens is 2. The largest absolute Gasteiger partial charge is 0.385 e. The Kier molecular flexibility index (Phi) is 5.07. The molecular formula is C13H16BrN3O2. The van der Waals surface area contributed by atoms with Crippen molar-refractivity contribution in [1.82, 2.24) is 10.1 Å². The second-order valence-corrected chi connectivity index (χ2v) is 5.03. The van der Waals surface area contributed by atoms with Crippen molar-refractivity contribution in [2.45, 2.75) is 18.9 Å². The average molecular weight is 326 g/mol. The van der Waals surface area contributed by atoms with Crippen molar-refractivity contribution in [2.24, 2.45) is 5.73 Å². The molecule has 1 atom stereocenters. The van der Waals surface area contributed by atoms with E-state index in [1.165, 1.54) is 0 Å². The summed E-state index contributed by atoms with van der Waals surface area (Å²) >= 11 is 3.46. The van der Waals surface area contributed by atoms with E-state index in [0.717, 1.165) is 22.9 Å². The summed E-state index contributed by atoms with van der Waals surface area (Å²) in [6, 6.07) is 7.47. The average Bonchev–Trinajstić information content (AvgIpc) is 2.89. The van der Waals surface area contributed by atoms with Gasteiger partial charge < -0.3 is 15.0 Å². The molecule has 1 aromatic heterocycles. The van der Waals surface area contributed by atoms with Crippen molar-refractivity contribution in [3.05, 3.63) is 34.6 Å². The zero-order valence-electron chi connectivity index (χ0n) is 10.7. The van der Waals surface area contributed by atoms with Gasteiger partial charge in [0.1, 0.15) is 0 Å². The lowest BCUT2D eigenvalue weighted by Gasteiger charge is -2.05. The molecule has 0 spiro atoms. The van der Waals surface area contributed by atoms with E-state index < -0.39 is 0 Å². The second kappa shape index (κ2) is 6.79. The first kappa shape index (κ1) is 14.2. The number of ether oxygens (including phenoxy) is 1. The van der Waals surface area contributed by atoms with Crippen LogP contribution < -0.4 is 5.73 Å². The SMILES string of the molecule is COCCCC(N)c1nc(-c2ccccc2Br)no1. The highest BCUT2D eigenvalue weighted by Crippen LogP contribution is 2.26. The van der Waals surface area contributed by atoms with Crippen LogP contribution in [0.2, 0.25) is 0 Å². The molecule has 0 aliphatic heterocycles. The third-order valence-electron chi connectivity index (χ3n) is 2.74. The van der Waals surface area contributed by atoms with Crippen molar-refractivity contribution in [3.8, 4) is 11.4 Å². The number of rotatable bonds is 6. The quantitative estimate of drug-likeness (QED) is 0.826. The lowest BCUT2D eigenvalue weighted by Crippen LogP contribution is -2.11. The fourth-order valence-electron chi connectivity index (χ4n) is 1.71. The highest BCUT2D eigenvalue weighted by atomic mass is 79.9. The van der Waals surface area contributed by atoms with Crippen LogP contribution in [0.15, 0.2) is 33.3 Å². The Hall–Kier alpha value is -1.24. The third-order valence-corrected chi connectivity index (χ3v) is 3.43. The van der Waals surface area contributed by atoms with E-state index in [9.17, 15) is 0 Å². The molecule has 1 heterocycles. The van der Waals surface area contributed by atoms with Gasteiger partial charge in [0.15, 0.2) is 0 Å². The molecule has 0 radical (unpaired) electrons. The maximum Gasteiger partial charge on any atom is 0.243 e. The molecule has 19 heavy (non-hydrogen) atoms. The molecule has 102 valence electrons. The summed E-state index contributed by atoms with van der Waals surface area (Å²) in [5.41, 5.74) is 6.89. The number of hydrogen-bond donors (Lipinski definition) is 1. The highest BCUT2D eigenvalue weighted by molar-refractivity contribution is 9.10. The van der Waals surface area contributed by atoms with Crippen molar-refractivity contribution in [1.29, 1.82) is 0 Å².